The van der Waals surface area contributed by atoms with E-state index in [-0.39, 0.29) is 24.4 Å². The summed E-state index contributed by atoms with van der Waals surface area (Å²) in [5, 5.41) is 18.8. The zero-order chi connectivity index (χ0) is 19.8. The van der Waals surface area contributed by atoms with E-state index in [1.165, 1.54) is 7.11 Å². The molecule has 0 fully saturated rings. The zero-order valence-corrected chi connectivity index (χ0v) is 14.8. The van der Waals surface area contributed by atoms with Gasteiger partial charge in [0.25, 0.3) is 5.91 Å². The number of rotatable bonds is 9. The first kappa shape index (κ1) is 19.9. The van der Waals surface area contributed by atoms with E-state index in [1.807, 2.05) is 0 Å². The van der Waals surface area contributed by atoms with Gasteiger partial charge in [-0.15, -0.1) is 0 Å². The van der Waals surface area contributed by atoms with Crippen LogP contribution in [0.5, 0.6) is 5.75 Å². The largest absolute Gasteiger partial charge is 0.482 e. The van der Waals surface area contributed by atoms with Crippen molar-refractivity contribution in [1.82, 2.24) is 5.32 Å². The lowest BCUT2D eigenvalue weighted by Gasteiger charge is -2.17. The summed E-state index contributed by atoms with van der Waals surface area (Å²) in [7, 11) is 1.54. The minimum Gasteiger partial charge on any atom is -0.482 e. The van der Waals surface area contributed by atoms with Crippen molar-refractivity contribution >= 4 is 17.7 Å². The predicted molar refractivity (Wildman–Crippen MR) is 99.1 cm³/mol. The lowest BCUT2D eigenvalue weighted by atomic mass is 10.1. The normalized spacial score (nSPS) is 11.4. The maximum atomic E-state index is 12.3. The second kappa shape index (κ2) is 9.35. The van der Waals surface area contributed by atoms with Crippen LogP contribution in [-0.4, -0.2) is 43.1 Å². The molecule has 2 aromatic rings. The number of carboxylic acid groups (broad SMARTS) is 1. The third-order valence-electron chi connectivity index (χ3n) is 3.80. The Morgan fingerprint density at radius 3 is 2.22 bits per heavy atom. The topological polar surface area (TPSA) is 135 Å². The van der Waals surface area contributed by atoms with E-state index in [0.29, 0.717) is 16.9 Å². The Bertz CT molecular complexity index is 803. The van der Waals surface area contributed by atoms with Crippen LogP contribution in [0.3, 0.4) is 0 Å². The Balaban J connectivity index is 1.95. The van der Waals surface area contributed by atoms with Gasteiger partial charge in [-0.25, -0.2) is 4.79 Å². The van der Waals surface area contributed by atoms with Gasteiger partial charge in [0.05, 0.1) is 6.10 Å². The summed E-state index contributed by atoms with van der Waals surface area (Å²) in [6, 6.07) is 13.2. The number of aliphatic carboxylic acids is 1. The van der Waals surface area contributed by atoms with Crippen LogP contribution >= 0.6 is 0 Å². The van der Waals surface area contributed by atoms with E-state index < -0.39 is 12.6 Å². The number of carboxylic acids is 1. The molecule has 0 aliphatic rings. The fourth-order valence-electron chi connectivity index (χ4n) is 2.35. The summed E-state index contributed by atoms with van der Waals surface area (Å²) in [5.41, 5.74) is 7.20. The second-order valence-corrected chi connectivity index (χ2v) is 5.68. The van der Waals surface area contributed by atoms with Gasteiger partial charge in [0.2, 0.25) is 0 Å². The number of methoxy groups -OCH3 is 1. The molecule has 0 heterocycles. The highest BCUT2D eigenvalue weighted by Gasteiger charge is 2.14. The van der Waals surface area contributed by atoms with Crippen LogP contribution in [0.1, 0.15) is 27.6 Å². The molecule has 2 rings (SSSR count). The lowest BCUT2D eigenvalue weighted by molar-refractivity contribution is -0.139. The molecule has 0 aliphatic heterocycles. The van der Waals surface area contributed by atoms with E-state index in [1.54, 1.807) is 48.5 Å². The number of nitrogens with one attached hydrogen (secondary N) is 2. The van der Waals surface area contributed by atoms with Crippen LogP contribution in [0.4, 0.5) is 0 Å². The van der Waals surface area contributed by atoms with Crippen LogP contribution in [-0.2, 0) is 9.53 Å². The summed E-state index contributed by atoms with van der Waals surface area (Å²) in [6.07, 6.45) is -0.376. The molecule has 8 heteroatoms. The number of hydrogen-bond acceptors (Lipinski definition) is 5. The van der Waals surface area contributed by atoms with Gasteiger partial charge in [-0.2, -0.15) is 0 Å². The molecule has 142 valence electrons. The number of nitrogens with two attached hydrogens (primary N) is 1. The summed E-state index contributed by atoms with van der Waals surface area (Å²) in [6.45, 7) is -0.162. The standard InChI is InChI=1S/C19H21N3O5/c1-26-16(12-6-8-15(9-7-12)27-11-17(23)24)10-22-19(25)14-4-2-13(3-5-14)18(20)21/h2-9,16H,10-11H2,1H3,(H3,20,21)(H,22,25)(H,23,24). The molecule has 0 bridgehead atoms. The van der Waals surface area contributed by atoms with Crippen LogP contribution in [0.25, 0.3) is 0 Å². The van der Waals surface area contributed by atoms with Crippen molar-refractivity contribution in [2.24, 2.45) is 5.73 Å². The number of benzene rings is 2. The average molecular weight is 371 g/mol. The zero-order valence-electron chi connectivity index (χ0n) is 14.8. The van der Waals surface area contributed by atoms with Crippen molar-refractivity contribution in [1.29, 1.82) is 5.41 Å². The number of ether oxygens (including phenoxy) is 2. The molecule has 1 unspecified atom stereocenters. The van der Waals surface area contributed by atoms with Gasteiger partial charge in [-0.05, 0) is 29.8 Å². The molecule has 0 saturated heterocycles. The van der Waals surface area contributed by atoms with Crippen LogP contribution in [0.15, 0.2) is 48.5 Å². The molecule has 5 N–H and O–H groups in total. The van der Waals surface area contributed by atoms with Gasteiger partial charge in [-0.3, -0.25) is 10.2 Å². The number of hydrogen-bond donors (Lipinski definition) is 4. The van der Waals surface area contributed by atoms with Crippen molar-refractivity contribution in [3.05, 3.63) is 65.2 Å². The van der Waals surface area contributed by atoms with Crippen LogP contribution in [0, 0.1) is 5.41 Å². The van der Waals surface area contributed by atoms with E-state index >= 15 is 0 Å². The number of amidine groups is 1. The SMILES string of the molecule is COC(CNC(=O)c1ccc(C(=N)N)cc1)c1ccc(OCC(=O)O)cc1. The van der Waals surface area contributed by atoms with Gasteiger partial charge in [0.15, 0.2) is 6.61 Å². The first-order valence-corrected chi connectivity index (χ1v) is 8.10. The maximum Gasteiger partial charge on any atom is 0.341 e. The molecule has 2 aromatic carbocycles. The minimum absolute atomic E-state index is 0.0582. The van der Waals surface area contributed by atoms with E-state index in [0.717, 1.165) is 5.56 Å². The van der Waals surface area contributed by atoms with E-state index in [4.69, 9.17) is 25.7 Å². The Hall–Kier alpha value is -3.39. The third-order valence-corrected chi connectivity index (χ3v) is 3.80. The van der Waals surface area contributed by atoms with Crippen LogP contribution < -0.4 is 15.8 Å². The van der Waals surface area contributed by atoms with E-state index in [2.05, 4.69) is 5.32 Å². The highest BCUT2D eigenvalue weighted by Crippen LogP contribution is 2.20. The Labute approximate surface area is 156 Å². The quantitative estimate of drug-likeness (QED) is 0.390. The van der Waals surface area contributed by atoms with Gasteiger partial charge >= 0.3 is 5.97 Å². The minimum atomic E-state index is -1.05. The number of carbonyl (C=O) groups is 2. The first-order valence-electron chi connectivity index (χ1n) is 8.10. The summed E-state index contributed by atoms with van der Waals surface area (Å²) in [4.78, 5) is 22.8. The molecule has 0 aromatic heterocycles. The molecule has 1 atom stereocenters. The first-order chi connectivity index (χ1) is 12.9. The molecule has 27 heavy (non-hydrogen) atoms. The molecule has 8 nitrogen and oxygen atoms in total. The van der Waals surface area contributed by atoms with Gasteiger partial charge in [-0.1, -0.05) is 24.3 Å². The fraction of sp³-hybridized carbons (Fsp3) is 0.211. The highest BCUT2D eigenvalue weighted by molar-refractivity contribution is 5.98. The molecular formula is C19H21N3O5. The Morgan fingerprint density at radius 2 is 1.70 bits per heavy atom. The maximum absolute atomic E-state index is 12.3. The third kappa shape index (κ3) is 5.82. The molecule has 0 saturated carbocycles. The van der Waals surface area contributed by atoms with Gasteiger partial charge in [0, 0.05) is 24.8 Å². The lowest BCUT2D eigenvalue weighted by Crippen LogP contribution is -2.29. The Kier molecular flexibility index (Phi) is 6.90. The molecule has 0 aliphatic carbocycles. The molecular weight excluding hydrogens is 350 g/mol. The monoisotopic (exact) mass is 371 g/mol. The summed E-state index contributed by atoms with van der Waals surface area (Å²) < 4.78 is 10.5. The second-order valence-electron chi connectivity index (χ2n) is 5.68. The summed E-state index contributed by atoms with van der Waals surface area (Å²) >= 11 is 0. The van der Waals surface area contributed by atoms with E-state index in [9.17, 15) is 9.59 Å². The summed E-state index contributed by atoms with van der Waals surface area (Å²) in [5.74, 6) is -0.941. The molecule has 0 radical (unpaired) electrons. The smallest absolute Gasteiger partial charge is 0.341 e. The fourth-order valence-corrected chi connectivity index (χ4v) is 2.35. The highest BCUT2D eigenvalue weighted by atomic mass is 16.5. The number of carbonyl (C=O) groups excluding carboxylic acids is 1. The number of nitrogen functional groups attached to an aromatic ring is 1. The van der Waals surface area contributed by atoms with Crippen molar-refractivity contribution in [3.63, 3.8) is 0 Å². The predicted octanol–water partition coefficient (Wildman–Crippen LogP) is 1.55. The Morgan fingerprint density at radius 1 is 1.11 bits per heavy atom. The van der Waals surface area contributed by atoms with Crippen molar-refractivity contribution in [2.45, 2.75) is 6.10 Å². The van der Waals surface area contributed by atoms with Gasteiger partial charge in [0.1, 0.15) is 11.6 Å². The molecule has 1 amide bonds. The average Bonchev–Trinajstić information content (AvgIpc) is 2.67. The van der Waals surface area contributed by atoms with Crippen molar-refractivity contribution < 1.29 is 24.2 Å². The van der Waals surface area contributed by atoms with Gasteiger partial charge < -0.3 is 25.6 Å². The van der Waals surface area contributed by atoms with Crippen molar-refractivity contribution in [2.75, 3.05) is 20.3 Å². The van der Waals surface area contributed by atoms with Crippen LogP contribution in [0.2, 0.25) is 0 Å². The molecule has 0 spiro atoms. The van der Waals surface area contributed by atoms with Crippen molar-refractivity contribution in [3.8, 4) is 5.75 Å². The number of amides is 1.